The number of carboxylic acid groups (broad SMARTS) is 1. The van der Waals surface area contributed by atoms with E-state index in [0.717, 1.165) is 5.56 Å². The molecule has 0 aliphatic rings. The minimum atomic E-state index is -5.08. The fourth-order valence-electron chi connectivity index (χ4n) is 3.14. The SMILES string of the molecule is CC(=O)Nc1ccc(-c2c(C#N)c(NCCCO)nc(SCc3cccnc3)c2C#N)cc1.O=C(O)C(F)(F)F. The Morgan fingerprint density at radius 3 is 2.25 bits per heavy atom. The van der Waals surface area contributed by atoms with Crippen molar-refractivity contribution in [2.45, 2.75) is 30.3 Å². The number of nitrogens with zero attached hydrogens (tertiary/aromatic N) is 4. The van der Waals surface area contributed by atoms with Crippen molar-refractivity contribution in [3.63, 3.8) is 0 Å². The summed E-state index contributed by atoms with van der Waals surface area (Å²) in [5.74, 6) is -2.03. The van der Waals surface area contributed by atoms with Gasteiger partial charge in [-0.1, -0.05) is 18.2 Å². The number of carbonyl (C=O) groups is 2. The molecule has 0 aliphatic carbocycles. The van der Waals surface area contributed by atoms with Crippen LogP contribution in [0.15, 0.2) is 53.8 Å². The second kappa shape index (κ2) is 15.1. The summed E-state index contributed by atoms with van der Waals surface area (Å²) in [5.41, 5.74) is 3.29. The van der Waals surface area contributed by atoms with Crippen LogP contribution in [0.4, 0.5) is 24.7 Å². The van der Waals surface area contributed by atoms with E-state index in [1.54, 1.807) is 36.7 Å². The van der Waals surface area contributed by atoms with Crippen LogP contribution in [0, 0.1) is 22.7 Å². The van der Waals surface area contributed by atoms with E-state index in [9.17, 15) is 28.5 Å². The topological polar surface area (TPSA) is 172 Å². The lowest BCUT2D eigenvalue weighted by Gasteiger charge is -2.16. The van der Waals surface area contributed by atoms with Crippen molar-refractivity contribution in [3.8, 4) is 23.3 Å². The number of anilines is 2. The number of hydrogen-bond acceptors (Lipinski definition) is 9. The van der Waals surface area contributed by atoms with Gasteiger partial charge in [-0.3, -0.25) is 9.78 Å². The average molecular weight is 573 g/mol. The van der Waals surface area contributed by atoms with Crippen LogP contribution in [0.5, 0.6) is 0 Å². The third-order valence-electron chi connectivity index (χ3n) is 4.85. The van der Waals surface area contributed by atoms with Crippen molar-refractivity contribution in [1.29, 1.82) is 10.5 Å². The number of carboxylic acids is 1. The lowest BCUT2D eigenvalue weighted by atomic mass is 9.96. The predicted molar refractivity (Wildman–Crippen MR) is 141 cm³/mol. The number of aliphatic hydroxyl groups is 1. The van der Waals surface area contributed by atoms with E-state index in [4.69, 9.17) is 15.0 Å². The molecule has 0 saturated carbocycles. The predicted octanol–water partition coefficient (Wildman–Crippen LogP) is 4.57. The van der Waals surface area contributed by atoms with Gasteiger partial charge in [-0.15, -0.1) is 11.8 Å². The van der Waals surface area contributed by atoms with Gasteiger partial charge in [-0.05, 0) is 35.7 Å². The fraction of sp³-hybridized carbons (Fsp3) is 0.231. The number of carbonyl (C=O) groups excluding carboxylic acids is 1. The maximum atomic E-state index is 11.3. The molecule has 0 atom stereocenters. The molecule has 10 nitrogen and oxygen atoms in total. The second-order valence-corrected chi connectivity index (χ2v) is 8.79. The number of alkyl halides is 3. The fourth-order valence-corrected chi connectivity index (χ4v) is 4.06. The minimum Gasteiger partial charge on any atom is -0.475 e. The monoisotopic (exact) mass is 572 g/mol. The van der Waals surface area contributed by atoms with Crippen molar-refractivity contribution in [2.24, 2.45) is 0 Å². The first kappa shape index (κ1) is 31.6. The van der Waals surface area contributed by atoms with Crippen LogP contribution in [0.25, 0.3) is 11.1 Å². The number of pyridine rings is 2. The third kappa shape index (κ3) is 9.27. The van der Waals surface area contributed by atoms with Gasteiger partial charge >= 0.3 is 12.1 Å². The third-order valence-corrected chi connectivity index (χ3v) is 5.90. The lowest BCUT2D eigenvalue weighted by Crippen LogP contribution is -2.21. The Morgan fingerprint density at radius 1 is 1.10 bits per heavy atom. The molecule has 40 heavy (non-hydrogen) atoms. The van der Waals surface area contributed by atoms with E-state index in [0.29, 0.717) is 51.9 Å². The molecule has 0 bridgehead atoms. The van der Waals surface area contributed by atoms with E-state index in [1.807, 2.05) is 12.1 Å². The standard InChI is InChI=1S/C24H22N6O2S.C2HF3O2/c1-16(32)29-19-7-5-18(6-8-19)22-20(12-25)23(28-10-3-11-31)30-24(21(22)13-26)33-15-17-4-2-9-27-14-17;3-2(4,5)1(6)7/h2,4-9,14,31H,3,10-11,15H2,1H3,(H,28,30)(H,29,32);(H,6,7). The summed E-state index contributed by atoms with van der Waals surface area (Å²) in [6.45, 7) is 1.86. The molecule has 208 valence electrons. The molecule has 14 heteroatoms. The normalized spacial score (nSPS) is 10.4. The van der Waals surface area contributed by atoms with Crippen LogP contribution in [-0.4, -0.2) is 51.4 Å². The summed E-state index contributed by atoms with van der Waals surface area (Å²) in [7, 11) is 0. The maximum absolute atomic E-state index is 11.3. The Bertz CT molecular complexity index is 1410. The van der Waals surface area contributed by atoms with Crippen molar-refractivity contribution in [1.82, 2.24) is 9.97 Å². The van der Waals surface area contributed by atoms with Crippen molar-refractivity contribution in [2.75, 3.05) is 23.8 Å². The first-order valence-electron chi connectivity index (χ1n) is 11.4. The summed E-state index contributed by atoms with van der Waals surface area (Å²) < 4.78 is 31.7. The van der Waals surface area contributed by atoms with Crippen LogP contribution >= 0.6 is 11.8 Å². The highest BCUT2D eigenvalue weighted by Gasteiger charge is 2.38. The number of nitriles is 2. The molecule has 0 radical (unpaired) electrons. The number of amides is 1. The molecule has 3 rings (SSSR count). The van der Waals surface area contributed by atoms with Crippen molar-refractivity contribution >= 4 is 35.1 Å². The molecule has 3 aromatic rings. The number of rotatable bonds is 9. The molecule has 1 amide bonds. The number of nitrogens with one attached hydrogen (secondary N) is 2. The second-order valence-electron chi connectivity index (χ2n) is 7.83. The van der Waals surface area contributed by atoms with Crippen LogP contribution in [0.3, 0.4) is 0 Å². The zero-order chi connectivity index (χ0) is 29.7. The quantitative estimate of drug-likeness (QED) is 0.210. The van der Waals surface area contributed by atoms with Crippen molar-refractivity contribution in [3.05, 3.63) is 65.5 Å². The Kier molecular flexibility index (Phi) is 11.9. The molecular weight excluding hydrogens is 549 g/mol. The van der Waals surface area contributed by atoms with Gasteiger partial charge in [0.2, 0.25) is 5.91 Å². The minimum absolute atomic E-state index is 0.00521. The molecule has 0 saturated heterocycles. The van der Waals surface area contributed by atoms with E-state index < -0.39 is 12.1 Å². The van der Waals surface area contributed by atoms with Gasteiger partial charge in [-0.2, -0.15) is 23.7 Å². The van der Waals surface area contributed by atoms with Crippen LogP contribution in [-0.2, 0) is 15.3 Å². The van der Waals surface area contributed by atoms with Crippen molar-refractivity contribution < 1.29 is 33.0 Å². The van der Waals surface area contributed by atoms with Crippen LogP contribution < -0.4 is 10.6 Å². The molecule has 0 fully saturated rings. The molecule has 2 aromatic heterocycles. The van der Waals surface area contributed by atoms with E-state index >= 15 is 0 Å². The summed E-state index contributed by atoms with van der Waals surface area (Å²) in [4.78, 5) is 28.9. The number of aliphatic carboxylic acids is 1. The highest BCUT2D eigenvalue weighted by Crippen LogP contribution is 2.37. The summed E-state index contributed by atoms with van der Waals surface area (Å²) in [6.07, 6.45) is -1.14. The number of thioether (sulfide) groups is 1. The van der Waals surface area contributed by atoms with Crippen LogP contribution in [0.1, 0.15) is 30.0 Å². The van der Waals surface area contributed by atoms with E-state index in [1.165, 1.54) is 18.7 Å². The van der Waals surface area contributed by atoms with Gasteiger partial charge in [0.05, 0.1) is 5.56 Å². The first-order valence-corrected chi connectivity index (χ1v) is 12.4. The van der Waals surface area contributed by atoms with Gasteiger partial charge < -0.3 is 20.8 Å². The largest absolute Gasteiger partial charge is 0.490 e. The van der Waals surface area contributed by atoms with Gasteiger partial charge in [0, 0.05) is 49.5 Å². The van der Waals surface area contributed by atoms with E-state index in [-0.39, 0.29) is 18.1 Å². The zero-order valence-electron chi connectivity index (χ0n) is 21.0. The number of halogens is 3. The van der Waals surface area contributed by atoms with Gasteiger partial charge in [0.1, 0.15) is 28.5 Å². The Morgan fingerprint density at radius 2 is 1.75 bits per heavy atom. The molecular formula is C26H23F3N6O4S. The molecule has 0 aliphatic heterocycles. The number of hydrogen-bond donors (Lipinski definition) is 4. The Hall–Kier alpha value is -4.66. The molecule has 4 N–H and O–H groups in total. The highest BCUT2D eigenvalue weighted by molar-refractivity contribution is 7.98. The average Bonchev–Trinajstić information content (AvgIpc) is 2.92. The number of aromatic nitrogens is 2. The molecule has 1 aromatic carbocycles. The van der Waals surface area contributed by atoms with Gasteiger partial charge in [0.15, 0.2) is 0 Å². The smallest absolute Gasteiger partial charge is 0.475 e. The number of benzene rings is 1. The summed E-state index contributed by atoms with van der Waals surface area (Å²) in [5, 5.41) is 42.5. The first-order chi connectivity index (χ1) is 19.0. The lowest BCUT2D eigenvalue weighted by molar-refractivity contribution is -0.192. The molecule has 0 unspecified atom stereocenters. The molecule has 2 heterocycles. The highest BCUT2D eigenvalue weighted by atomic mass is 32.2. The maximum Gasteiger partial charge on any atom is 0.490 e. The van der Waals surface area contributed by atoms with E-state index in [2.05, 4.69) is 32.7 Å². The zero-order valence-corrected chi connectivity index (χ0v) is 21.8. The number of aliphatic hydroxyl groups excluding tert-OH is 1. The summed E-state index contributed by atoms with van der Waals surface area (Å²) in [6, 6.07) is 15.2. The Labute approximate surface area is 231 Å². The van der Waals surface area contributed by atoms with Gasteiger partial charge in [-0.25, -0.2) is 9.78 Å². The Balaban J connectivity index is 0.000000708. The van der Waals surface area contributed by atoms with Crippen LogP contribution in [0.2, 0.25) is 0 Å². The summed E-state index contributed by atoms with van der Waals surface area (Å²) >= 11 is 1.39. The molecule has 0 spiro atoms. The van der Waals surface area contributed by atoms with Gasteiger partial charge in [0.25, 0.3) is 0 Å².